The number of hydrogen-bond acceptors (Lipinski definition) is 4. The molecule has 0 spiro atoms. The fourth-order valence-corrected chi connectivity index (χ4v) is 2.21. The second-order valence-electron chi connectivity index (χ2n) is 4.38. The smallest absolute Gasteiger partial charge is 0.310 e. The number of aromatic nitrogens is 4. The minimum atomic E-state index is -0.772. The molecule has 2 aromatic rings. The van der Waals surface area contributed by atoms with E-state index < -0.39 is 6.08 Å². The molecule has 1 N–H and O–H groups in total. The third-order valence-corrected chi connectivity index (χ3v) is 3.12. The van der Waals surface area contributed by atoms with E-state index in [1.807, 2.05) is 0 Å². The van der Waals surface area contributed by atoms with Crippen molar-refractivity contribution >= 4 is 11.2 Å². The van der Waals surface area contributed by atoms with Crippen LogP contribution in [0.4, 0.5) is 4.39 Å². The molecule has 5 nitrogen and oxygen atoms in total. The van der Waals surface area contributed by atoms with Gasteiger partial charge in [0, 0.05) is 0 Å². The van der Waals surface area contributed by atoms with Crippen LogP contribution < -0.4 is 4.74 Å². The summed E-state index contributed by atoms with van der Waals surface area (Å²) in [6, 6.07) is 0.395. The van der Waals surface area contributed by atoms with Crippen molar-refractivity contribution in [3.63, 3.8) is 0 Å². The maximum atomic E-state index is 12.8. The summed E-state index contributed by atoms with van der Waals surface area (Å²) in [7, 11) is 0. The summed E-state index contributed by atoms with van der Waals surface area (Å²) in [4.78, 5) is 14.0. The fourth-order valence-electron chi connectivity index (χ4n) is 2.21. The quantitative estimate of drug-likeness (QED) is 0.828. The van der Waals surface area contributed by atoms with Crippen LogP contribution in [0, 0.1) is 12.0 Å². The first kappa shape index (κ1) is 10.4. The Labute approximate surface area is 97.4 Å². The van der Waals surface area contributed by atoms with E-state index in [0.29, 0.717) is 29.7 Å². The van der Waals surface area contributed by atoms with Gasteiger partial charge in [0.15, 0.2) is 5.65 Å². The summed E-state index contributed by atoms with van der Waals surface area (Å²) in [5.74, 6) is 0.617. The Bertz CT molecular complexity index is 521. The molecule has 1 aliphatic rings. The lowest BCUT2D eigenvalue weighted by atomic mass is 10.1. The zero-order valence-electron chi connectivity index (χ0n) is 9.32. The molecule has 1 aliphatic carbocycles. The van der Waals surface area contributed by atoms with Gasteiger partial charge in [-0.05, 0) is 18.8 Å². The molecule has 2 aromatic heterocycles. The van der Waals surface area contributed by atoms with Crippen LogP contribution >= 0.6 is 0 Å². The molecule has 2 heterocycles. The second kappa shape index (κ2) is 4.27. The summed E-state index contributed by atoms with van der Waals surface area (Å²) >= 11 is 0. The van der Waals surface area contributed by atoms with Gasteiger partial charge in [-0.1, -0.05) is 12.8 Å². The molecule has 0 saturated heterocycles. The number of imidazole rings is 1. The molecule has 0 aromatic carbocycles. The minimum Gasteiger partial charge on any atom is -0.464 e. The lowest BCUT2D eigenvalue weighted by Crippen LogP contribution is -2.08. The van der Waals surface area contributed by atoms with Gasteiger partial charge in [0.05, 0.1) is 12.8 Å². The summed E-state index contributed by atoms with van der Waals surface area (Å²) < 4.78 is 18.3. The first-order valence-corrected chi connectivity index (χ1v) is 5.82. The van der Waals surface area contributed by atoms with Crippen molar-refractivity contribution in [1.82, 2.24) is 19.9 Å². The van der Waals surface area contributed by atoms with Crippen LogP contribution in [0.25, 0.3) is 11.2 Å². The van der Waals surface area contributed by atoms with Gasteiger partial charge in [0.2, 0.25) is 0 Å². The minimum absolute atomic E-state index is 0.305. The molecule has 1 fully saturated rings. The average molecular weight is 236 g/mol. The van der Waals surface area contributed by atoms with Crippen molar-refractivity contribution in [1.29, 1.82) is 0 Å². The molecule has 0 aliphatic heterocycles. The van der Waals surface area contributed by atoms with Crippen LogP contribution in [0.3, 0.4) is 0 Å². The van der Waals surface area contributed by atoms with E-state index in [0.717, 1.165) is 0 Å². The molecule has 0 amide bonds. The normalized spacial score (nSPS) is 16.8. The first-order chi connectivity index (χ1) is 8.31. The topological polar surface area (TPSA) is 63.7 Å². The van der Waals surface area contributed by atoms with Crippen molar-refractivity contribution in [2.24, 2.45) is 5.92 Å². The summed E-state index contributed by atoms with van der Waals surface area (Å²) in [6.45, 7) is 0.662. The first-order valence-electron chi connectivity index (χ1n) is 5.82. The average Bonchev–Trinajstić information content (AvgIpc) is 2.94. The van der Waals surface area contributed by atoms with Gasteiger partial charge in [-0.15, -0.1) is 0 Å². The Morgan fingerprint density at radius 3 is 3.00 bits per heavy atom. The maximum Gasteiger partial charge on any atom is 0.310 e. The van der Waals surface area contributed by atoms with Gasteiger partial charge in [0.1, 0.15) is 5.52 Å². The van der Waals surface area contributed by atoms with Crippen molar-refractivity contribution in [3.05, 3.63) is 12.3 Å². The summed E-state index contributed by atoms with van der Waals surface area (Å²) in [6.07, 6.45) is 5.60. The van der Waals surface area contributed by atoms with Gasteiger partial charge in [-0.2, -0.15) is 14.4 Å². The van der Waals surface area contributed by atoms with Crippen molar-refractivity contribution in [2.75, 3.05) is 6.61 Å². The van der Waals surface area contributed by atoms with E-state index in [9.17, 15) is 4.39 Å². The number of aromatic amines is 1. The lowest BCUT2D eigenvalue weighted by Gasteiger charge is -2.07. The zero-order chi connectivity index (χ0) is 11.7. The van der Waals surface area contributed by atoms with Crippen molar-refractivity contribution in [3.8, 4) is 6.01 Å². The molecular weight excluding hydrogens is 223 g/mol. The fraction of sp³-hybridized carbons (Fsp3) is 0.545. The van der Waals surface area contributed by atoms with Crippen LogP contribution in [0.1, 0.15) is 25.7 Å². The van der Waals surface area contributed by atoms with Gasteiger partial charge in [-0.3, -0.25) is 0 Å². The van der Waals surface area contributed by atoms with Gasteiger partial charge in [-0.25, -0.2) is 4.98 Å². The van der Waals surface area contributed by atoms with E-state index in [1.165, 1.54) is 31.9 Å². The molecule has 3 rings (SSSR count). The molecule has 90 valence electrons. The number of fused-ring (bicyclic) bond motifs is 1. The molecule has 0 unspecified atom stereocenters. The monoisotopic (exact) mass is 236 g/mol. The standard InChI is InChI=1S/C11H13FN4O/c12-10-13-5-8-9(15-10)16-11(14-8)17-6-7-3-1-2-4-7/h5,7H,1-4,6H2,(H,13,14,15,16). The number of ether oxygens (including phenoxy) is 1. The van der Waals surface area contributed by atoms with Crippen LogP contribution in [0.2, 0.25) is 0 Å². The van der Waals surface area contributed by atoms with E-state index in [1.54, 1.807) is 0 Å². The third-order valence-electron chi connectivity index (χ3n) is 3.12. The van der Waals surface area contributed by atoms with Crippen LogP contribution in [0.15, 0.2) is 6.20 Å². The predicted octanol–water partition coefficient (Wildman–Crippen LogP) is 2.06. The van der Waals surface area contributed by atoms with Crippen LogP contribution in [-0.2, 0) is 0 Å². The number of halogens is 1. The Balaban J connectivity index is 1.72. The molecule has 0 radical (unpaired) electrons. The SMILES string of the molecule is Fc1ncc2[nH]c(OCC3CCCC3)nc2n1. The van der Waals surface area contributed by atoms with E-state index in [4.69, 9.17) is 4.74 Å². The molecular formula is C11H13FN4O. The highest BCUT2D eigenvalue weighted by Crippen LogP contribution is 2.25. The van der Waals surface area contributed by atoms with E-state index >= 15 is 0 Å². The zero-order valence-corrected chi connectivity index (χ0v) is 9.32. The molecule has 1 saturated carbocycles. The number of H-pyrrole nitrogens is 1. The van der Waals surface area contributed by atoms with Gasteiger partial charge in [0.25, 0.3) is 6.01 Å². The highest BCUT2D eigenvalue weighted by molar-refractivity contribution is 5.69. The number of nitrogens with zero attached hydrogens (tertiary/aromatic N) is 3. The molecule has 6 heteroatoms. The number of rotatable bonds is 3. The number of nitrogens with one attached hydrogen (secondary N) is 1. The number of hydrogen-bond donors (Lipinski definition) is 1. The maximum absolute atomic E-state index is 12.8. The Morgan fingerprint density at radius 1 is 1.35 bits per heavy atom. The molecule has 0 atom stereocenters. The van der Waals surface area contributed by atoms with Gasteiger partial charge >= 0.3 is 6.08 Å². The second-order valence-corrected chi connectivity index (χ2v) is 4.38. The van der Waals surface area contributed by atoms with Crippen LogP contribution in [-0.4, -0.2) is 26.5 Å². The largest absolute Gasteiger partial charge is 0.464 e. The van der Waals surface area contributed by atoms with Crippen LogP contribution in [0.5, 0.6) is 6.01 Å². The third kappa shape index (κ3) is 2.20. The lowest BCUT2D eigenvalue weighted by molar-refractivity contribution is 0.237. The van der Waals surface area contributed by atoms with E-state index in [2.05, 4.69) is 19.9 Å². The van der Waals surface area contributed by atoms with Crippen molar-refractivity contribution in [2.45, 2.75) is 25.7 Å². The molecule has 17 heavy (non-hydrogen) atoms. The molecule has 0 bridgehead atoms. The Hall–Kier alpha value is -1.72. The predicted molar refractivity (Wildman–Crippen MR) is 59.1 cm³/mol. The summed E-state index contributed by atoms with van der Waals surface area (Å²) in [5, 5.41) is 0. The Kier molecular flexibility index (Phi) is 2.62. The van der Waals surface area contributed by atoms with E-state index in [-0.39, 0.29) is 0 Å². The van der Waals surface area contributed by atoms with Gasteiger partial charge < -0.3 is 9.72 Å². The Morgan fingerprint density at radius 2 is 2.18 bits per heavy atom. The summed E-state index contributed by atoms with van der Waals surface area (Å²) in [5.41, 5.74) is 0.895. The highest BCUT2D eigenvalue weighted by atomic mass is 19.1. The highest BCUT2D eigenvalue weighted by Gasteiger charge is 2.16. The van der Waals surface area contributed by atoms with Crippen molar-refractivity contribution < 1.29 is 9.13 Å².